The predicted octanol–water partition coefficient (Wildman–Crippen LogP) is 2.68. The summed E-state index contributed by atoms with van der Waals surface area (Å²) in [7, 11) is 0. The fourth-order valence-corrected chi connectivity index (χ4v) is 1.80. The summed E-state index contributed by atoms with van der Waals surface area (Å²) in [4.78, 5) is 0. The van der Waals surface area contributed by atoms with Crippen molar-refractivity contribution < 1.29 is 9.15 Å². The lowest BCUT2D eigenvalue weighted by Gasteiger charge is -2.00. The van der Waals surface area contributed by atoms with E-state index in [4.69, 9.17) is 14.9 Å². The molecule has 0 aliphatic rings. The van der Waals surface area contributed by atoms with Crippen LogP contribution in [0.4, 0.5) is 0 Å². The van der Waals surface area contributed by atoms with Gasteiger partial charge >= 0.3 is 0 Å². The third kappa shape index (κ3) is 1.33. The van der Waals surface area contributed by atoms with Crippen LogP contribution in [0.15, 0.2) is 40.8 Å². The van der Waals surface area contributed by atoms with Crippen molar-refractivity contribution in [1.29, 1.82) is 0 Å². The minimum Gasteiger partial charge on any atom is -0.478 e. The SMILES string of the molecule is NCOc1[c]c2c(cc1)oc1ccccc12. The average molecular weight is 212 g/mol. The Morgan fingerprint density at radius 2 is 2.00 bits per heavy atom. The summed E-state index contributed by atoms with van der Waals surface area (Å²) < 4.78 is 10.9. The zero-order valence-corrected chi connectivity index (χ0v) is 8.57. The second-order valence-electron chi connectivity index (χ2n) is 3.47. The van der Waals surface area contributed by atoms with Crippen LogP contribution in [-0.4, -0.2) is 6.73 Å². The van der Waals surface area contributed by atoms with Gasteiger partial charge in [0.15, 0.2) is 0 Å². The van der Waals surface area contributed by atoms with E-state index in [1.807, 2.05) is 30.3 Å². The first-order valence-corrected chi connectivity index (χ1v) is 5.05. The van der Waals surface area contributed by atoms with Gasteiger partial charge in [-0.2, -0.15) is 0 Å². The van der Waals surface area contributed by atoms with Crippen molar-refractivity contribution in [3.05, 3.63) is 42.5 Å². The van der Waals surface area contributed by atoms with E-state index in [0.29, 0.717) is 5.75 Å². The van der Waals surface area contributed by atoms with Crippen molar-refractivity contribution in [2.45, 2.75) is 0 Å². The Labute approximate surface area is 92.4 Å². The summed E-state index contributed by atoms with van der Waals surface area (Å²) >= 11 is 0. The quantitative estimate of drug-likeness (QED) is 0.664. The van der Waals surface area contributed by atoms with Gasteiger partial charge in [0.25, 0.3) is 0 Å². The summed E-state index contributed by atoms with van der Waals surface area (Å²) in [5.74, 6) is 0.640. The number of fused-ring (bicyclic) bond motifs is 3. The van der Waals surface area contributed by atoms with Gasteiger partial charge in [-0.1, -0.05) is 18.2 Å². The molecule has 3 aromatic rings. The molecule has 0 atom stereocenters. The van der Waals surface area contributed by atoms with Crippen molar-refractivity contribution in [3.63, 3.8) is 0 Å². The Kier molecular flexibility index (Phi) is 2.04. The van der Waals surface area contributed by atoms with Gasteiger partial charge in [-0.05, 0) is 18.2 Å². The maximum absolute atomic E-state index is 5.67. The van der Waals surface area contributed by atoms with Crippen molar-refractivity contribution >= 4 is 21.9 Å². The van der Waals surface area contributed by atoms with E-state index in [2.05, 4.69) is 6.07 Å². The highest BCUT2D eigenvalue weighted by Gasteiger charge is 2.07. The molecule has 0 fully saturated rings. The van der Waals surface area contributed by atoms with Gasteiger partial charge in [0.2, 0.25) is 0 Å². The summed E-state index contributed by atoms with van der Waals surface area (Å²) in [5, 5.41) is 1.97. The Balaban J connectivity index is 2.31. The predicted molar refractivity (Wildman–Crippen MR) is 62.2 cm³/mol. The molecular weight excluding hydrogens is 202 g/mol. The van der Waals surface area contributed by atoms with Crippen molar-refractivity contribution in [3.8, 4) is 5.75 Å². The Hall–Kier alpha value is -2.00. The van der Waals surface area contributed by atoms with Gasteiger partial charge in [-0.3, -0.25) is 5.73 Å². The summed E-state index contributed by atoms with van der Waals surface area (Å²) in [6, 6.07) is 14.7. The maximum atomic E-state index is 5.67. The molecule has 2 aromatic carbocycles. The molecule has 0 bridgehead atoms. The van der Waals surface area contributed by atoms with E-state index in [1.165, 1.54) is 0 Å². The lowest BCUT2D eigenvalue weighted by Crippen LogP contribution is -2.06. The molecule has 0 spiro atoms. The highest BCUT2D eigenvalue weighted by molar-refractivity contribution is 6.04. The van der Waals surface area contributed by atoms with Gasteiger partial charge in [0, 0.05) is 16.8 Å². The number of nitrogens with two attached hydrogens (primary N) is 1. The minimum absolute atomic E-state index is 0.151. The van der Waals surface area contributed by atoms with E-state index in [1.54, 1.807) is 6.07 Å². The first-order valence-electron chi connectivity index (χ1n) is 5.05. The van der Waals surface area contributed by atoms with E-state index in [-0.39, 0.29) is 6.73 Å². The molecular formula is C13H10NO2. The summed E-state index contributed by atoms with van der Waals surface area (Å²) in [5.41, 5.74) is 7.00. The van der Waals surface area contributed by atoms with Crippen LogP contribution in [0.3, 0.4) is 0 Å². The molecule has 0 aliphatic heterocycles. The largest absolute Gasteiger partial charge is 0.478 e. The normalized spacial score (nSPS) is 11.1. The molecule has 0 saturated heterocycles. The van der Waals surface area contributed by atoms with Crippen molar-refractivity contribution in [2.24, 2.45) is 5.73 Å². The fourth-order valence-electron chi connectivity index (χ4n) is 1.80. The summed E-state index contributed by atoms with van der Waals surface area (Å²) in [6.45, 7) is 0.151. The minimum atomic E-state index is 0.151. The Morgan fingerprint density at radius 1 is 1.12 bits per heavy atom. The number of ether oxygens (including phenoxy) is 1. The molecule has 2 N–H and O–H groups in total. The van der Waals surface area contributed by atoms with Crippen molar-refractivity contribution in [1.82, 2.24) is 0 Å². The van der Waals surface area contributed by atoms with Crippen LogP contribution in [0, 0.1) is 6.07 Å². The lowest BCUT2D eigenvalue weighted by atomic mass is 10.1. The molecule has 0 aliphatic carbocycles. The molecule has 0 amide bonds. The van der Waals surface area contributed by atoms with Crippen LogP contribution in [0.1, 0.15) is 0 Å². The van der Waals surface area contributed by atoms with E-state index in [9.17, 15) is 0 Å². The van der Waals surface area contributed by atoms with Crippen LogP contribution in [0.2, 0.25) is 0 Å². The number of para-hydroxylation sites is 1. The Morgan fingerprint density at radius 3 is 2.88 bits per heavy atom. The number of hydrogen-bond donors (Lipinski definition) is 1. The first-order chi connectivity index (χ1) is 7.88. The molecule has 0 saturated carbocycles. The average Bonchev–Trinajstić information content (AvgIpc) is 2.68. The van der Waals surface area contributed by atoms with Gasteiger partial charge in [-0.15, -0.1) is 0 Å². The molecule has 0 unspecified atom stereocenters. The van der Waals surface area contributed by atoms with Gasteiger partial charge in [-0.25, -0.2) is 0 Å². The molecule has 16 heavy (non-hydrogen) atoms. The third-order valence-corrected chi connectivity index (χ3v) is 2.50. The molecule has 1 aromatic heterocycles. The molecule has 79 valence electrons. The molecule has 3 nitrogen and oxygen atoms in total. The molecule has 1 radical (unpaired) electrons. The maximum Gasteiger partial charge on any atom is 0.137 e. The van der Waals surface area contributed by atoms with Crippen LogP contribution in [-0.2, 0) is 0 Å². The number of furan rings is 1. The first kappa shape index (κ1) is 9.24. The molecule has 3 heteroatoms. The van der Waals surface area contributed by atoms with E-state index in [0.717, 1.165) is 21.9 Å². The number of rotatable bonds is 2. The van der Waals surface area contributed by atoms with Crippen LogP contribution in [0.5, 0.6) is 5.75 Å². The monoisotopic (exact) mass is 212 g/mol. The van der Waals surface area contributed by atoms with Gasteiger partial charge in [0.1, 0.15) is 23.6 Å². The smallest absolute Gasteiger partial charge is 0.137 e. The number of hydrogen-bond acceptors (Lipinski definition) is 3. The van der Waals surface area contributed by atoms with Gasteiger partial charge in [0.05, 0.1) is 0 Å². The fraction of sp³-hybridized carbons (Fsp3) is 0.0769. The Bertz CT molecular complexity index is 643. The topological polar surface area (TPSA) is 48.4 Å². The van der Waals surface area contributed by atoms with E-state index >= 15 is 0 Å². The zero-order valence-electron chi connectivity index (χ0n) is 8.57. The van der Waals surface area contributed by atoms with Crippen LogP contribution >= 0.6 is 0 Å². The third-order valence-electron chi connectivity index (χ3n) is 2.50. The van der Waals surface area contributed by atoms with Gasteiger partial charge < -0.3 is 9.15 Å². The van der Waals surface area contributed by atoms with Crippen molar-refractivity contribution in [2.75, 3.05) is 6.73 Å². The highest BCUT2D eigenvalue weighted by Crippen LogP contribution is 2.30. The molecule has 1 heterocycles. The summed E-state index contributed by atoms with van der Waals surface area (Å²) in [6.07, 6.45) is 0. The second kappa shape index (κ2) is 3.54. The second-order valence-corrected chi connectivity index (χ2v) is 3.47. The lowest BCUT2D eigenvalue weighted by molar-refractivity contribution is 0.329. The van der Waals surface area contributed by atoms with Crippen LogP contribution < -0.4 is 10.5 Å². The van der Waals surface area contributed by atoms with E-state index < -0.39 is 0 Å². The van der Waals surface area contributed by atoms with Crippen LogP contribution in [0.25, 0.3) is 21.9 Å². The highest BCUT2D eigenvalue weighted by atomic mass is 16.5. The number of benzene rings is 2. The zero-order chi connectivity index (χ0) is 11.0. The molecule has 3 rings (SSSR count). The standard InChI is InChI=1S/C13H10NO2/c14-8-15-9-5-6-13-11(7-9)10-3-1-2-4-12(10)16-13/h1-6H,8,14H2.